The highest BCUT2D eigenvalue weighted by Gasteiger charge is 2.25. The fourth-order valence-electron chi connectivity index (χ4n) is 2.76. The summed E-state index contributed by atoms with van der Waals surface area (Å²) in [6, 6.07) is 10.8. The molecule has 0 saturated heterocycles. The lowest BCUT2D eigenvalue weighted by atomic mass is 10.1. The van der Waals surface area contributed by atoms with E-state index < -0.39 is 15.9 Å². The molecule has 0 radical (unpaired) electrons. The van der Waals surface area contributed by atoms with Crippen molar-refractivity contribution in [3.8, 4) is 11.5 Å². The van der Waals surface area contributed by atoms with Crippen LogP contribution in [0.2, 0.25) is 0 Å². The van der Waals surface area contributed by atoms with Crippen molar-refractivity contribution in [2.45, 2.75) is 18.2 Å². The fourth-order valence-corrected chi connectivity index (χ4v) is 3.90. The van der Waals surface area contributed by atoms with E-state index in [1.807, 2.05) is 0 Å². The maximum Gasteiger partial charge on any atom is 0.243 e. The van der Waals surface area contributed by atoms with Crippen molar-refractivity contribution < 1.29 is 27.5 Å². The van der Waals surface area contributed by atoms with Crippen LogP contribution >= 0.6 is 0 Å². The van der Waals surface area contributed by atoms with Crippen molar-refractivity contribution in [1.29, 1.82) is 0 Å². The number of hydrogen-bond donors (Lipinski definition) is 1. The Bertz CT molecular complexity index is 1020. The summed E-state index contributed by atoms with van der Waals surface area (Å²) in [5.41, 5.74) is 0.999. The van der Waals surface area contributed by atoms with Gasteiger partial charge in [0.25, 0.3) is 0 Å². The van der Waals surface area contributed by atoms with Gasteiger partial charge in [0.1, 0.15) is 0 Å². The molecule has 0 fully saturated rings. The van der Waals surface area contributed by atoms with Gasteiger partial charge in [-0.3, -0.25) is 9.59 Å². The molecule has 1 aliphatic heterocycles. The van der Waals surface area contributed by atoms with Crippen LogP contribution in [0.15, 0.2) is 47.4 Å². The molecule has 3 rings (SSSR count). The van der Waals surface area contributed by atoms with E-state index in [4.69, 9.17) is 9.47 Å². The Morgan fingerprint density at radius 3 is 2.34 bits per heavy atom. The monoisotopic (exact) mass is 418 g/mol. The summed E-state index contributed by atoms with van der Waals surface area (Å²) in [6.45, 7) is 2.03. The number of nitrogens with one attached hydrogen (secondary N) is 1. The molecule has 29 heavy (non-hydrogen) atoms. The minimum atomic E-state index is -3.90. The lowest BCUT2D eigenvalue weighted by Crippen LogP contribution is -2.35. The van der Waals surface area contributed by atoms with Crippen LogP contribution in [0.3, 0.4) is 0 Å². The van der Waals surface area contributed by atoms with Gasteiger partial charge in [-0.15, -0.1) is 0 Å². The largest absolute Gasteiger partial charge is 0.490 e. The van der Waals surface area contributed by atoms with Gasteiger partial charge >= 0.3 is 0 Å². The Kier molecular flexibility index (Phi) is 6.19. The average Bonchev–Trinajstić information content (AvgIpc) is 2.93. The van der Waals surface area contributed by atoms with Gasteiger partial charge in [-0.05, 0) is 43.3 Å². The summed E-state index contributed by atoms with van der Waals surface area (Å²) in [5.74, 6) is 0.285. The van der Waals surface area contributed by atoms with Gasteiger partial charge < -0.3 is 14.8 Å². The number of anilines is 1. The fraction of sp³-hybridized carbons (Fsp3) is 0.300. The van der Waals surface area contributed by atoms with Gasteiger partial charge in [-0.25, -0.2) is 8.42 Å². The maximum atomic E-state index is 12.8. The molecule has 1 aliphatic rings. The number of carbonyl (C=O) groups is 2. The molecule has 2 aromatic rings. The van der Waals surface area contributed by atoms with Crippen molar-refractivity contribution in [1.82, 2.24) is 4.31 Å². The number of likely N-dealkylation sites (N-methyl/N-ethyl adjacent to an activating group) is 1. The molecule has 0 aromatic heterocycles. The van der Waals surface area contributed by atoms with Gasteiger partial charge in [0.15, 0.2) is 17.3 Å². The predicted octanol–water partition coefficient (Wildman–Crippen LogP) is 2.31. The number of ether oxygens (including phenoxy) is 2. The topological polar surface area (TPSA) is 102 Å². The first-order valence-electron chi connectivity index (χ1n) is 9.04. The Hall–Kier alpha value is -2.91. The van der Waals surface area contributed by atoms with Gasteiger partial charge in [0, 0.05) is 30.8 Å². The average molecular weight is 418 g/mol. The number of benzene rings is 2. The van der Waals surface area contributed by atoms with E-state index in [2.05, 4.69) is 5.32 Å². The zero-order chi connectivity index (χ0) is 21.0. The number of nitrogens with zero attached hydrogens (tertiary/aromatic N) is 1. The van der Waals surface area contributed by atoms with Gasteiger partial charge in [0.2, 0.25) is 15.9 Å². The summed E-state index contributed by atoms with van der Waals surface area (Å²) in [7, 11) is -2.57. The van der Waals surface area contributed by atoms with Gasteiger partial charge in [-0.2, -0.15) is 4.31 Å². The molecule has 9 heteroatoms. The van der Waals surface area contributed by atoms with Crippen LogP contribution in [-0.4, -0.2) is 51.2 Å². The third-order valence-corrected chi connectivity index (χ3v) is 6.17. The lowest BCUT2D eigenvalue weighted by molar-refractivity contribution is -0.116. The number of Topliss-reactive ketones (excluding diaryl/α,β-unsaturated/α-hetero) is 1. The number of ketones is 1. The third-order valence-electron chi connectivity index (χ3n) is 4.37. The molecule has 2 aromatic carbocycles. The number of fused-ring (bicyclic) bond motifs is 1. The summed E-state index contributed by atoms with van der Waals surface area (Å²) in [6.07, 6.45) is 0.713. The second-order valence-corrected chi connectivity index (χ2v) is 8.65. The quantitative estimate of drug-likeness (QED) is 0.723. The van der Waals surface area contributed by atoms with E-state index in [0.717, 1.165) is 4.31 Å². The highest BCUT2D eigenvalue weighted by Crippen LogP contribution is 2.32. The van der Waals surface area contributed by atoms with E-state index in [1.165, 1.54) is 26.1 Å². The SMILES string of the molecule is CC(=O)c1ccc(NC(=O)CN(C)S(=O)(=O)c2ccc3c(c2)OCCCO3)cc1. The van der Waals surface area contributed by atoms with Crippen LogP contribution in [0.4, 0.5) is 5.69 Å². The molecule has 0 spiro atoms. The minimum Gasteiger partial charge on any atom is -0.490 e. The standard InChI is InChI=1S/C20H22N2O6S/c1-14(23)15-4-6-16(7-5-15)21-20(24)13-22(2)29(25,26)17-8-9-18-19(12-17)28-11-3-10-27-18/h4-9,12H,3,10-11,13H2,1-2H3,(H,21,24). The van der Waals surface area contributed by atoms with Crippen LogP contribution in [-0.2, 0) is 14.8 Å². The summed E-state index contributed by atoms with van der Waals surface area (Å²) in [5, 5.41) is 2.62. The minimum absolute atomic E-state index is 0.0165. The van der Waals surface area contributed by atoms with Gasteiger partial charge in [-0.1, -0.05) is 0 Å². The Labute approximate surface area is 169 Å². The molecular weight excluding hydrogens is 396 g/mol. The molecule has 154 valence electrons. The smallest absolute Gasteiger partial charge is 0.243 e. The van der Waals surface area contributed by atoms with E-state index in [0.29, 0.717) is 42.4 Å². The maximum absolute atomic E-state index is 12.8. The molecule has 1 N–H and O–H groups in total. The molecule has 8 nitrogen and oxygen atoms in total. The number of hydrogen-bond acceptors (Lipinski definition) is 6. The first kappa shape index (κ1) is 20.8. The summed E-state index contributed by atoms with van der Waals surface area (Å²) < 4.78 is 37.7. The van der Waals surface area contributed by atoms with E-state index in [9.17, 15) is 18.0 Å². The zero-order valence-electron chi connectivity index (χ0n) is 16.2. The van der Waals surface area contributed by atoms with Crippen LogP contribution in [0.5, 0.6) is 11.5 Å². The zero-order valence-corrected chi connectivity index (χ0v) is 17.0. The molecule has 0 unspecified atom stereocenters. The number of sulfonamides is 1. The summed E-state index contributed by atoms with van der Waals surface area (Å²) >= 11 is 0. The number of rotatable bonds is 6. The van der Waals surface area contributed by atoms with Crippen molar-refractivity contribution in [2.24, 2.45) is 0 Å². The molecule has 1 heterocycles. The van der Waals surface area contributed by atoms with E-state index in [-0.39, 0.29) is 17.2 Å². The molecule has 0 aliphatic carbocycles. The second kappa shape index (κ2) is 8.62. The first-order valence-corrected chi connectivity index (χ1v) is 10.5. The predicted molar refractivity (Wildman–Crippen MR) is 107 cm³/mol. The number of amides is 1. The Balaban J connectivity index is 1.68. The van der Waals surface area contributed by atoms with Crippen LogP contribution in [0.1, 0.15) is 23.7 Å². The van der Waals surface area contributed by atoms with Crippen molar-refractivity contribution >= 4 is 27.4 Å². The molecule has 0 bridgehead atoms. The highest BCUT2D eigenvalue weighted by atomic mass is 32.2. The van der Waals surface area contributed by atoms with Crippen molar-refractivity contribution in [2.75, 3.05) is 32.1 Å². The van der Waals surface area contributed by atoms with Crippen molar-refractivity contribution in [3.63, 3.8) is 0 Å². The lowest BCUT2D eigenvalue weighted by Gasteiger charge is -2.18. The Morgan fingerprint density at radius 1 is 1.03 bits per heavy atom. The first-order chi connectivity index (χ1) is 13.8. The highest BCUT2D eigenvalue weighted by molar-refractivity contribution is 7.89. The summed E-state index contributed by atoms with van der Waals surface area (Å²) in [4.78, 5) is 23.6. The second-order valence-electron chi connectivity index (χ2n) is 6.60. The van der Waals surface area contributed by atoms with Crippen LogP contribution in [0, 0.1) is 0 Å². The van der Waals surface area contributed by atoms with Crippen LogP contribution in [0.25, 0.3) is 0 Å². The molecule has 0 saturated carbocycles. The van der Waals surface area contributed by atoms with E-state index >= 15 is 0 Å². The van der Waals surface area contributed by atoms with Gasteiger partial charge in [0.05, 0.1) is 24.7 Å². The normalized spacial score (nSPS) is 13.6. The van der Waals surface area contributed by atoms with Crippen LogP contribution < -0.4 is 14.8 Å². The third kappa shape index (κ3) is 4.93. The molecule has 0 atom stereocenters. The molecular formula is C20H22N2O6S. The molecule has 1 amide bonds. The van der Waals surface area contributed by atoms with Crippen molar-refractivity contribution in [3.05, 3.63) is 48.0 Å². The van der Waals surface area contributed by atoms with E-state index in [1.54, 1.807) is 30.3 Å². The number of carbonyl (C=O) groups excluding carboxylic acids is 2. The Morgan fingerprint density at radius 2 is 1.69 bits per heavy atom.